The molecule has 0 aromatic carbocycles. The van der Waals surface area contributed by atoms with Gasteiger partial charge in [-0.25, -0.2) is 0 Å². The van der Waals surface area contributed by atoms with Gasteiger partial charge in [-0.3, -0.25) is 9.69 Å². The molecule has 0 radical (unpaired) electrons. The highest BCUT2D eigenvalue weighted by molar-refractivity contribution is 5.73. The molecule has 1 rings (SSSR count). The minimum atomic E-state index is -0.656. The van der Waals surface area contributed by atoms with Gasteiger partial charge in [-0.05, 0) is 38.1 Å². The summed E-state index contributed by atoms with van der Waals surface area (Å²) in [5.74, 6) is 0.0699. The Morgan fingerprint density at radius 2 is 1.94 bits per heavy atom. The van der Waals surface area contributed by atoms with Gasteiger partial charge in [0.15, 0.2) is 0 Å². The van der Waals surface area contributed by atoms with Crippen molar-refractivity contribution < 1.29 is 9.90 Å². The Bertz CT molecular complexity index is 224. The van der Waals surface area contributed by atoms with Crippen molar-refractivity contribution in [1.29, 1.82) is 0 Å². The molecule has 1 atom stereocenters. The lowest BCUT2D eigenvalue weighted by atomic mass is 9.88. The van der Waals surface area contributed by atoms with Crippen molar-refractivity contribution in [2.45, 2.75) is 64.8 Å². The van der Waals surface area contributed by atoms with Crippen LogP contribution in [0.1, 0.15) is 58.8 Å². The fourth-order valence-corrected chi connectivity index (χ4v) is 2.95. The molecular weight excluding hydrogens is 214 g/mol. The molecule has 0 saturated heterocycles. The normalized spacial score (nSPS) is 19.5. The maximum Gasteiger partial charge on any atom is 0.320 e. The number of nitrogens with zero attached hydrogens (tertiary/aromatic N) is 1. The monoisotopic (exact) mass is 241 g/mol. The van der Waals surface area contributed by atoms with Gasteiger partial charge in [-0.2, -0.15) is 0 Å². The molecule has 1 fully saturated rings. The number of aliphatic carboxylic acids is 1. The SMILES string of the molecule is CCCN(CC1CCCCC1)C(CC)C(=O)O. The first-order valence-corrected chi connectivity index (χ1v) is 7.15. The van der Waals surface area contributed by atoms with Gasteiger partial charge in [-0.1, -0.05) is 33.1 Å². The van der Waals surface area contributed by atoms with E-state index in [0.29, 0.717) is 6.42 Å². The van der Waals surface area contributed by atoms with Crippen molar-refractivity contribution in [3.8, 4) is 0 Å². The summed E-state index contributed by atoms with van der Waals surface area (Å²) in [7, 11) is 0. The lowest BCUT2D eigenvalue weighted by molar-refractivity contribution is -0.143. The minimum Gasteiger partial charge on any atom is -0.480 e. The molecule has 1 aliphatic carbocycles. The molecule has 1 unspecified atom stereocenters. The molecule has 17 heavy (non-hydrogen) atoms. The molecule has 0 bridgehead atoms. The summed E-state index contributed by atoms with van der Waals surface area (Å²) in [5.41, 5.74) is 0. The highest BCUT2D eigenvalue weighted by Gasteiger charge is 2.26. The summed E-state index contributed by atoms with van der Waals surface area (Å²) >= 11 is 0. The Balaban J connectivity index is 2.53. The summed E-state index contributed by atoms with van der Waals surface area (Å²) < 4.78 is 0. The largest absolute Gasteiger partial charge is 0.480 e. The molecule has 0 aliphatic heterocycles. The van der Waals surface area contributed by atoms with Gasteiger partial charge in [0, 0.05) is 6.54 Å². The number of carboxylic acid groups (broad SMARTS) is 1. The minimum absolute atomic E-state index is 0.281. The van der Waals surface area contributed by atoms with Gasteiger partial charge < -0.3 is 5.11 Å². The molecule has 0 heterocycles. The van der Waals surface area contributed by atoms with Crippen LogP contribution in [-0.2, 0) is 4.79 Å². The first-order valence-electron chi connectivity index (χ1n) is 7.15. The Labute approximate surface area is 105 Å². The van der Waals surface area contributed by atoms with E-state index in [1.54, 1.807) is 0 Å². The molecular formula is C14H27NO2. The van der Waals surface area contributed by atoms with Crippen LogP contribution in [0, 0.1) is 5.92 Å². The standard InChI is InChI=1S/C14H27NO2/c1-3-10-15(13(4-2)14(16)17)11-12-8-6-5-7-9-12/h12-13H,3-11H2,1-2H3,(H,16,17). The van der Waals surface area contributed by atoms with Crippen molar-refractivity contribution in [1.82, 2.24) is 4.90 Å². The van der Waals surface area contributed by atoms with E-state index in [4.69, 9.17) is 0 Å². The van der Waals surface area contributed by atoms with Gasteiger partial charge in [-0.15, -0.1) is 0 Å². The van der Waals surface area contributed by atoms with E-state index >= 15 is 0 Å². The Hall–Kier alpha value is -0.570. The molecule has 3 nitrogen and oxygen atoms in total. The van der Waals surface area contributed by atoms with E-state index in [1.807, 2.05) is 6.92 Å². The van der Waals surface area contributed by atoms with E-state index in [0.717, 1.165) is 25.4 Å². The summed E-state index contributed by atoms with van der Waals surface area (Å²) in [4.78, 5) is 13.4. The average molecular weight is 241 g/mol. The first kappa shape index (κ1) is 14.5. The quantitative estimate of drug-likeness (QED) is 0.744. The second kappa shape index (κ2) is 7.70. The maximum atomic E-state index is 11.2. The van der Waals surface area contributed by atoms with Crippen LogP contribution < -0.4 is 0 Å². The fourth-order valence-electron chi connectivity index (χ4n) is 2.95. The summed E-state index contributed by atoms with van der Waals surface area (Å²) in [6.07, 6.45) is 8.34. The van der Waals surface area contributed by atoms with Crippen LogP contribution in [0.3, 0.4) is 0 Å². The van der Waals surface area contributed by atoms with Gasteiger partial charge in [0.05, 0.1) is 0 Å². The second-order valence-electron chi connectivity index (χ2n) is 5.26. The van der Waals surface area contributed by atoms with Gasteiger partial charge in [0.2, 0.25) is 0 Å². The van der Waals surface area contributed by atoms with Crippen LogP contribution in [0.15, 0.2) is 0 Å². The molecule has 0 aromatic heterocycles. The Morgan fingerprint density at radius 3 is 2.41 bits per heavy atom. The predicted octanol–water partition coefficient (Wildman–Crippen LogP) is 3.14. The second-order valence-corrected chi connectivity index (χ2v) is 5.26. The van der Waals surface area contributed by atoms with Crippen molar-refractivity contribution in [3.63, 3.8) is 0 Å². The third-order valence-electron chi connectivity index (χ3n) is 3.84. The topological polar surface area (TPSA) is 40.5 Å². The number of rotatable bonds is 7. The molecule has 1 N–H and O–H groups in total. The van der Waals surface area contributed by atoms with Crippen LogP contribution in [0.25, 0.3) is 0 Å². The van der Waals surface area contributed by atoms with Gasteiger partial charge in [0.25, 0.3) is 0 Å². The van der Waals surface area contributed by atoms with Crippen LogP contribution >= 0.6 is 0 Å². The third kappa shape index (κ3) is 4.66. The summed E-state index contributed by atoms with van der Waals surface area (Å²) in [6.45, 7) is 6.00. The number of hydrogen-bond donors (Lipinski definition) is 1. The highest BCUT2D eigenvalue weighted by Crippen LogP contribution is 2.25. The molecule has 0 amide bonds. The van der Waals surface area contributed by atoms with Crippen LogP contribution in [-0.4, -0.2) is 35.1 Å². The van der Waals surface area contributed by atoms with E-state index in [2.05, 4.69) is 11.8 Å². The predicted molar refractivity (Wildman–Crippen MR) is 70.2 cm³/mol. The van der Waals surface area contributed by atoms with E-state index < -0.39 is 5.97 Å². The van der Waals surface area contributed by atoms with E-state index in [9.17, 15) is 9.90 Å². The van der Waals surface area contributed by atoms with E-state index in [-0.39, 0.29) is 6.04 Å². The van der Waals surface area contributed by atoms with Crippen LogP contribution in [0.4, 0.5) is 0 Å². The molecule has 1 aliphatic rings. The zero-order valence-corrected chi connectivity index (χ0v) is 11.3. The molecule has 100 valence electrons. The number of carbonyl (C=O) groups is 1. The van der Waals surface area contributed by atoms with Crippen LogP contribution in [0.2, 0.25) is 0 Å². The van der Waals surface area contributed by atoms with Crippen molar-refractivity contribution in [2.24, 2.45) is 5.92 Å². The maximum absolute atomic E-state index is 11.2. The zero-order valence-electron chi connectivity index (χ0n) is 11.3. The Kier molecular flexibility index (Phi) is 6.56. The summed E-state index contributed by atoms with van der Waals surface area (Å²) in [6, 6.07) is -0.281. The average Bonchev–Trinajstić information content (AvgIpc) is 2.31. The summed E-state index contributed by atoms with van der Waals surface area (Å²) in [5, 5.41) is 9.26. The van der Waals surface area contributed by atoms with Gasteiger partial charge in [0.1, 0.15) is 6.04 Å². The smallest absolute Gasteiger partial charge is 0.320 e. The molecule has 1 saturated carbocycles. The number of hydrogen-bond acceptors (Lipinski definition) is 2. The molecule has 0 spiro atoms. The fraction of sp³-hybridized carbons (Fsp3) is 0.929. The highest BCUT2D eigenvalue weighted by atomic mass is 16.4. The van der Waals surface area contributed by atoms with Crippen LogP contribution in [0.5, 0.6) is 0 Å². The lowest BCUT2D eigenvalue weighted by Gasteiger charge is -2.33. The number of carboxylic acids is 1. The Morgan fingerprint density at radius 1 is 1.29 bits per heavy atom. The lowest BCUT2D eigenvalue weighted by Crippen LogP contribution is -2.44. The third-order valence-corrected chi connectivity index (χ3v) is 3.84. The van der Waals surface area contributed by atoms with Crippen molar-refractivity contribution in [2.75, 3.05) is 13.1 Å². The van der Waals surface area contributed by atoms with Crippen molar-refractivity contribution in [3.05, 3.63) is 0 Å². The molecule has 0 aromatic rings. The molecule has 3 heteroatoms. The van der Waals surface area contributed by atoms with Crippen molar-refractivity contribution >= 4 is 5.97 Å². The van der Waals surface area contributed by atoms with Gasteiger partial charge >= 0.3 is 5.97 Å². The zero-order chi connectivity index (χ0) is 12.7. The first-order chi connectivity index (χ1) is 8.19. The van der Waals surface area contributed by atoms with E-state index in [1.165, 1.54) is 32.1 Å².